The molecule has 0 aromatic heterocycles. The Balaban J connectivity index is 2.33. The van der Waals surface area contributed by atoms with Gasteiger partial charge in [0.25, 0.3) is 0 Å². The van der Waals surface area contributed by atoms with E-state index in [1.165, 1.54) is 0 Å². The lowest BCUT2D eigenvalue weighted by Crippen LogP contribution is -2.24. The zero-order valence-corrected chi connectivity index (χ0v) is 15.3. The molecule has 1 aromatic carbocycles. The fraction of sp³-hybridized carbons (Fsp3) is 0.409. The highest BCUT2D eigenvalue weighted by atomic mass is 16.1. The first-order valence-corrected chi connectivity index (χ1v) is 8.95. The van der Waals surface area contributed by atoms with Crippen molar-refractivity contribution in [2.45, 2.75) is 58.8 Å². The molecule has 1 atom stereocenters. The smallest absolute Gasteiger partial charge is 0.186 e. The molecule has 132 valence electrons. The predicted molar refractivity (Wildman–Crippen MR) is 99.4 cm³/mol. The normalized spacial score (nSPS) is 16.4. The van der Waals surface area contributed by atoms with E-state index >= 15 is 0 Å². The van der Waals surface area contributed by atoms with Gasteiger partial charge in [0.05, 0.1) is 0 Å². The van der Waals surface area contributed by atoms with E-state index in [9.17, 15) is 14.4 Å². The second-order valence-electron chi connectivity index (χ2n) is 6.71. The standard InChI is InChI=1S/C22H26O3/c1-15-16(2)22(25)20(17(3)21(15)24)19(13-9-4-5-10-14-23)18-11-7-6-8-12-18/h6-8,11-12,14,19H,4-5,9-10,13H2,1-3H3. The molecule has 0 saturated heterocycles. The molecule has 1 unspecified atom stereocenters. The van der Waals surface area contributed by atoms with Crippen LogP contribution in [0, 0.1) is 0 Å². The minimum atomic E-state index is -0.0723. The van der Waals surface area contributed by atoms with E-state index in [0.717, 1.165) is 37.5 Å². The second-order valence-corrected chi connectivity index (χ2v) is 6.71. The third kappa shape index (κ3) is 4.22. The zero-order valence-electron chi connectivity index (χ0n) is 15.3. The van der Waals surface area contributed by atoms with E-state index in [-0.39, 0.29) is 17.5 Å². The number of carbonyl (C=O) groups excluding carboxylic acids is 3. The van der Waals surface area contributed by atoms with E-state index in [1.54, 1.807) is 20.8 Å². The van der Waals surface area contributed by atoms with Crippen LogP contribution in [0.3, 0.4) is 0 Å². The fourth-order valence-corrected chi connectivity index (χ4v) is 3.45. The first-order chi connectivity index (χ1) is 12.0. The van der Waals surface area contributed by atoms with E-state index in [4.69, 9.17) is 0 Å². The number of carbonyl (C=O) groups is 3. The molecule has 1 aromatic rings. The number of hydrogen-bond donors (Lipinski definition) is 0. The van der Waals surface area contributed by atoms with Gasteiger partial charge < -0.3 is 4.79 Å². The summed E-state index contributed by atoms with van der Waals surface area (Å²) >= 11 is 0. The number of unbranched alkanes of at least 4 members (excludes halogenated alkanes) is 3. The summed E-state index contributed by atoms with van der Waals surface area (Å²) in [6.07, 6.45) is 5.07. The number of benzene rings is 1. The number of rotatable bonds is 8. The highest BCUT2D eigenvalue weighted by Gasteiger charge is 2.32. The number of Topliss-reactive ketones (excluding diaryl/α,β-unsaturated/α-hetero) is 2. The van der Waals surface area contributed by atoms with Crippen molar-refractivity contribution in [2.24, 2.45) is 0 Å². The molecule has 0 N–H and O–H groups in total. The molecule has 2 rings (SSSR count). The van der Waals surface area contributed by atoms with Crippen molar-refractivity contribution in [3.8, 4) is 0 Å². The van der Waals surface area contributed by atoms with E-state index < -0.39 is 0 Å². The first kappa shape index (κ1) is 19.0. The SMILES string of the molecule is CC1=C(C)C(=O)C(C(CCCCCC=O)c2ccccc2)=C(C)C1=O. The van der Waals surface area contributed by atoms with E-state index in [2.05, 4.69) is 0 Å². The number of allylic oxidation sites excluding steroid dienone is 4. The van der Waals surface area contributed by atoms with Crippen molar-refractivity contribution in [3.05, 3.63) is 58.2 Å². The van der Waals surface area contributed by atoms with Gasteiger partial charge in [0.15, 0.2) is 11.6 Å². The fourth-order valence-electron chi connectivity index (χ4n) is 3.45. The van der Waals surface area contributed by atoms with Crippen LogP contribution < -0.4 is 0 Å². The van der Waals surface area contributed by atoms with Crippen molar-refractivity contribution in [1.29, 1.82) is 0 Å². The molecule has 3 nitrogen and oxygen atoms in total. The van der Waals surface area contributed by atoms with Gasteiger partial charge in [-0.15, -0.1) is 0 Å². The van der Waals surface area contributed by atoms with Crippen LogP contribution in [0.25, 0.3) is 0 Å². The van der Waals surface area contributed by atoms with Gasteiger partial charge in [0.1, 0.15) is 6.29 Å². The Kier molecular flexibility index (Phi) is 6.63. The molecular formula is C22H26O3. The van der Waals surface area contributed by atoms with Crippen LogP contribution in [0.15, 0.2) is 52.6 Å². The third-order valence-electron chi connectivity index (χ3n) is 5.10. The molecule has 3 heteroatoms. The monoisotopic (exact) mass is 338 g/mol. The highest BCUT2D eigenvalue weighted by molar-refractivity contribution is 6.25. The Morgan fingerprint density at radius 1 is 0.840 bits per heavy atom. The maximum atomic E-state index is 12.9. The Bertz CT molecular complexity index is 723. The predicted octanol–water partition coefficient (Wildman–Crippen LogP) is 4.72. The summed E-state index contributed by atoms with van der Waals surface area (Å²) in [7, 11) is 0. The number of hydrogen-bond acceptors (Lipinski definition) is 3. The molecule has 0 amide bonds. The van der Waals surface area contributed by atoms with Gasteiger partial charge in [-0.3, -0.25) is 9.59 Å². The van der Waals surface area contributed by atoms with Crippen LogP contribution in [-0.4, -0.2) is 17.9 Å². The molecule has 0 heterocycles. The molecule has 0 aliphatic heterocycles. The molecule has 1 aliphatic rings. The van der Waals surface area contributed by atoms with Crippen LogP contribution >= 0.6 is 0 Å². The lowest BCUT2D eigenvalue weighted by Gasteiger charge is -2.26. The largest absolute Gasteiger partial charge is 0.303 e. The van der Waals surface area contributed by atoms with Gasteiger partial charge in [-0.1, -0.05) is 43.2 Å². The molecular weight excluding hydrogens is 312 g/mol. The van der Waals surface area contributed by atoms with Gasteiger partial charge in [-0.05, 0) is 39.2 Å². The highest BCUT2D eigenvalue weighted by Crippen LogP contribution is 2.37. The minimum Gasteiger partial charge on any atom is -0.303 e. The van der Waals surface area contributed by atoms with Crippen molar-refractivity contribution >= 4 is 17.9 Å². The topological polar surface area (TPSA) is 51.2 Å². The van der Waals surface area contributed by atoms with Crippen LogP contribution in [0.1, 0.15) is 64.4 Å². The Morgan fingerprint density at radius 2 is 1.48 bits per heavy atom. The Hall–Kier alpha value is -2.29. The van der Waals surface area contributed by atoms with Gasteiger partial charge in [0.2, 0.25) is 0 Å². The minimum absolute atomic E-state index is 0.00338. The summed E-state index contributed by atoms with van der Waals surface area (Å²) in [6, 6.07) is 9.93. The molecule has 0 saturated carbocycles. The van der Waals surface area contributed by atoms with Crippen molar-refractivity contribution in [3.63, 3.8) is 0 Å². The average molecular weight is 338 g/mol. The molecule has 1 aliphatic carbocycles. The molecule has 0 radical (unpaired) electrons. The lowest BCUT2D eigenvalue weighted by molar-refractivity contribution is -0.116. The number of ketones is 2. The quantitative estimate of drug-likeness (QED) is 0.391. The maximum Gasteiger partial charge on any atom is 0.186 e. The van der Waals surface area contributed by atoms with Gasteiger partial charge in [0, 0.05) is 34.6 Å². The van der Waals surface area contributed by atoms with Gasteiger partial charge >= 0.3 is 0 Å². The first-order valence-electron chi connectivity index (χ1n) is 8.95. The summed E-state index contributed by atoms with van der Waals surface area (Å²) in [5.74, 6) is -0.0951. The van der Waals surface area contributed by atoms with Crippen LogP contribution in [-0.2, 0) is 14.4 Å². The van der Waals surface area contributed by atoms with Crippen molar-refractivity contribution in [1.82, 2.24) is 0 Å². The van der Waals surface area contributed by atoms with Crippen LogP contribution in [0.4, 0.5) is 0 Å². The van der Waals surface area contributed by atoms with Crippen LogP contribution in [0.5, 0.6) is 0 Å². The summed E-state index contributed by atoms with van der Waals surface area (Å²) < 4.78 is 0. The van der Waals surface area contributed by atoms with Crippen molar-refractivity contribution < 1.29 is 14.4 Å². The third-order valence-corrected chi connectivity index (χ3v) is 5.10. The summed E-state index contributed by atoms with van der Waals surface area (Å²) in [6.45, 7) is 5.24. The molecule has 0 spiro atoms. The van der Waals surface area contributed by atoms with E-state index in [1.807, 2.05) is 30.3 Å². The van der Waals surface area contributed by atoms with Gasteiger partial charge in [-0.25, -0.2) is 0 Å². The average Bonchev–Trinajstić information content (AvgIpc) is 2.64. The molecule has 0 fully saturated rings. The van der Waals surface area contributed by atoms with E-state index in [0.29, 0.717) is 28.7 Å². The molecule has 0 bridgehead atoms. The number of aldehydes is 1. The Labute approximate surface area is 149 Å². The van der Waals surface area contributed by atoms with Crippen molar-refractivity contribution in [2.75, 3.05) is 0 Å². The summed E-state index contributed by atoms with van der Waals surface area (Å²) in [5, 5.41) is 0. The maximum absolute atomic E-state index is 12.9. The lowest BCUT2D eigenvalue weighted by atomic mass is 9.76. The van der Waals surface area contributed by atoms with Gasteiger partial charge in [-0.2, -0.15) is 0 Å². The Morgan fingerprint density at radius 3 is 2.12 bits per heavy atom. The second kappa shape index (κ2) is 8.70. The zero-order chi connectivity index (χ0) is 18.4. The summed E-state index contributed by atoms with van der Waals surface area (Å²) in [4.78, 5) is 35.9. The molecule has 25 heavy (non-hydrogen) atoms. The van der Waals surface area contributed by atoms with Crippen LogP contribution in [0.2, 0.25) is 0 Å². The summed E-state index contributed by atoms with van der Waals surface area (Å²) in [5.41, 5.74) is 3.42.